The molecule has 0 unspecified atom stereocenters. The Morgan fingerprint density at radius 1 is 1.05 bits per heavy atom. The standard InChI is InChI=1S/C13H5BrClF3O/c14-9-2-1-6(15)3-8(9)13(19)12-10(17)4-7(16)5-11(12)18/h1-5H. The molecule has 0 radical (unpaired) electrons. The number of rotatable bonds is 2. The van der Waals surface area contributed by atoms with Crippen molar-refractivity contribution in [2.24, 2.45) is 0 Å². The Morgan fingerprint density at radius 3 is 2.21 bits per heavy atom. The Labute approximate surface area is 120 Å². The molecule has 0 aliphatic rings. The maximum atomic E-state index is 13.5. The molecule has 0 fully saturated rings. The number of hydrogen-bond acceptors (Lipinski definition) is 1. The molecular formula is C13H5BrClF3O. The average Bonchev–Trinajstić information content (AvgIpc) is 2.30. The maximum Gasteiger partial charge on any atom is 0.200 e. The molecule has 0 amide bonds. The van der Waals surface area contributed by atoms with Crippen LogP contribution >= 0.6 is 27.5 Å². The number of halogens is 5. The average molecular weight is 350 g/mol. The highest BCUT2D eigenvalue weighted by molar-refractivity contribution is 9.10. The van der Waals surface area contributed by atoms with Crippen molar-refractivity contribution < 1.29 is 18.0 Å². The third-order valence-electron chi connectivity index (χ3n) is 2.41. The number of carbonyl (C=O) groups is 1. The molecule has 0 N–H and O–H groups in total. The number of ketones is 1. The van der Waals surface area contributed by atoms with E-state index in [4.69, 9.17) is 11.6 Å². The van der Waals surface area contributed by atoms with E-state index in [0.717, 1.165) is 0 Å². The summed E-state index contributed by atoms with van der Waals surface area (Å²) < 4.78 is 40.2. The van der Waals surface area contributed by atoms with E-state index >= 15 is 0 Å². The molecule has 0 bridgehead atoms. The van der Waals surface area contributed by atoms with Gasteiger partial charge in [0.25, 0.3) is 0 Å². The third-order valence-corrected chi connectivity index (χ3v) is 3.33. The van der Waals surface area contributed by atoms with E-state index in [0.29, 0.717) is 16.6 Å². The van der Waals surface area contributed by atoms with Gasteiger partial charge < -0.3 is 0 Å². The Morgan fingerprint density at radius 2 is 1.63 bits per heavy atom. The SMILES string of the molecule is O=C(c1cc(Cl)ccc1Br)c1c(F)cc(F)cc1F. The van der Waals surface area contributed by atoms with Crippen LogP contribution in [-0.2, 0) is 0 Å². The van der Waals surface area contributed by atoms with Gasteiger partial charge in [-0.3, -0.25) is 4.79 Å². The first-order chi connectivity index (χ1) is 8.90. The summed E-state index contributed by atoms with van der Waals surface area (Å²) >= 11 is 8.83. The van der Waals surface area contributed by atoms with Crippen molar-refractivity contribution in [2.45, 2.75) is 0 Å². The van der Waals surface area contributed by atoms with Crippen LogP contribution in [0.1, 0.15) is 15.9 Å². The number of benzene rings is 2. The summed E-state index contributed by atoms with van der Waals surface area (Å²) in [4.78, 5) is 12.1. The third kappa shape index (κ3) is 2.82. The van der Waals surface area contributed by atoms with Gasteiger partial charge in [-0.25, -0.2) is 13.2 Å². The van der Waals surface area contributed by atoms with E-state index in [1.165, 1.54) is 18.2 Å². The van der Waals surface area contributed by atoms with Crippen LogP contribution in [0.4, 0.5) is 13.2 Å². The van der Waals surface area contributed by atoms with E-state index in [1.54, 1.807) is 0 Å². The van der Waals surface area contributed by atoms with E-state index in [2.05, 4.69) is 15.9 Å². The fourth-order valence-electron chi connectivity index (χ4n) is 1.57. The maximum absolute atomic E-state index is 13.5. The van der Waals surface area contributed by atoms with Crippen molar-refractivity contribution in [3.8, 4) is 0 Å². The van der Waals surface area contributed by atoms with E-state index in [1.807, 2.05) is 0 Å². The molecule has 0 heterocycles. The van der Waals surface area contributed by atoms with Crippen molar-refractivity contribution in [2.75, 3.05) is 0 Å². The highest BCUT2D eigenvalue weighted by Gasteiger charge is 2.22. The Bertz CT molecular complexity index is 650. The monoisotopic (exact) mass is 348 g/mol. The topological polar surface area (TPSA) is 17.1 Å². The quantitative estimate of drug-likeness (QED) is 0.715. The smallest absolute Gasteiger partial charge is 0.200 e. The summed E-state index contributed by atoms with van der Waals surface area (Å²) in [6.45, 7) is 0. The largest absolute Gasteiger partial charge is 0.288 e. The molecule has 2 rings (SSSR count). The van der Waals surface area contributed by atoms with Gasteiger partial charge in [-0.05, 0) is 18.2 Å². The fourth-order valence-corrected chi connectivity index (χ4v) is 2.16. The van der Waals surface area contributed by atoms with Crippen molar-refractivity contribution in [1.29, 1.82) is 0 Å². The first kappa shape index (κ1) is 14.1. The van der Waals surface area contributed by atoms with Crippen molar-refractivity contribution >= 4 is 33.3 Å². The predicted octanol–water partition coefficient (Wildman–Crippen LogP) is 4.75. The van der Waals surface area contributed by atoms with Gasteiger partial charge in [-0.1, -0.05) is 27.5 Å². The zero-order valence-corrected chi connectivity index (χ0v) is 11.5. The van der Waals surface area contributed by atoms with Crippen LogP contribution in [0.2, 0.25) is 5.02 Å². The molecule has 0 aromatic heterocycles. The molecular weight excluding hydrogens is 344 g/mol. The Balaban J connectivity index is 2.59. The van der Waals surface area contributed by atoms with Crippen LogP contribution in [0.3, 0.4) is 0 Å². The lowest BCUT2D eigenvalue weighted by Crippen LogP contribution is -2.09. The lowest BCUT2D eigenvalue weighted by molar-refractivity contribution is 0.103. The van der Waals surface area contributed by atoms with E-state index < -0.39 is 28.8 Å². The Kier molecular flexibility index (Phi) is 3.96. The second-order valence-electron chi connectivity index (χ2n) is 3.70. The molecule has 2 aromatic carbocycles. The van der Waals surface area contributed by atoms with Gasteiger partial charge in [0.2, 0.25) is 0 Å². The lowest BCUT2D eigenvalue weighted by Gasteiger charge is -2.07. The fraction of sp³-hybridized carbons (Fsp3) is 0. The zero-order chi connectivity index (χ0) is 14.2. The van der Waals surface area contributed by atoms with Gasteiger partial charge in [0.15, 0.2) is 5.78 Å². The van der Waals surface area contributed by atoms with Crippen LogP contribution in [0.15, 0.2) is 34.8 Å². The molecule has 0 saturated heterocycles. The molecule has 98 valence electrons. The zero-order valence-electron chi connectivity index (χ0n) is 9.18. The minimum Gasteiger partial charge on any atom is -0.288 e. The van der Waals surface area contributed by atoms with Crippen LogP contribution in [0.5, 0.6) is 0 Å². The second kappa shape index (κ2) is 5.35. The van der Waals surface area contributed by atoms with Gasteiger partial charge in [0, 0.05) is 27.2 Å². The highest BCUT2D eigenvalue weighted by Crippen LogP contribution is 2.26. The van der Waals surface area contributed by atoms with E-state index in [9.17, 15) is 18.0 Å². The molecule has 1 nitrogen and oxygen atoms in total. The predicted molar refractivity (Wildman–Crippen MR) is 68.9 cm³/mol. The number of carbonyl (C=O) groups excluding carboxylic acids is 1. The van der Waals surface area contributed by atoms with Gasteiger partial charge in [0.1, 0.15) is 17.5 Å². The highest BCUT2D eigenvalue weighted by atomic mass is 79.9. The molecule has 0 aliphatic heterocycles. The first-order valence-electron chi connectivity index (χ1n) is 5.04. The molecule has 6 heteroatoms. The molecule has 0 aliphatic carbocycles. The molecule has 0 spiro atoms. The van der Waals surface area contributed by atoms with Gasteiger partial charge >= 0.3 is 0 Å². The summed E-state index contributed by atoms with van der Waals surface area (Å²) in [6, 6.07) is 5.18. The minimum absolute atomic E-state index is 0.00286. The van der Waals surface area contributed by atoms with Crippen LogP contribution in [-0.4, -0.2) is 5.78 Å². The molecule has 0 atom stereocenters. The van der Waals surface area contributed by atoms with Crippen molar-refractivity contribution in [3.05, 3.63) is 68.4 Å². The van der Waals surface area contributed by atoms with Crippen LogP contribution in [0, 0.1) is 17.5 Å². The summed E-state index contributed by atoms with van der Waals surface area (Å²) in [7, 11) is 0. The number of hydrogen-bond donors (Lipinski definition) is 0. The molecule has 0 saturated carbocycles. The normalized spacial score (nSPS) is 10.6. The second-order valence-corrected chi connectivity index (χ2v) is 4.99. The summed E-state index contributed by atoms with van der Waals surface area (Å²) in [5.74, 6) is -4.51. The first-order valence-corrected chi connectivity index (χ1v) is 6.21. The molecule has 2 aromatic rings. The van der Waals surface area contributed by atoms with Crippen molar-refractivity contribution in [1.82, 2.24) is 0 Å². The van der Waals surface area contributed by atoms with Gasteiger partial charge in [-0.15, -0.1) is 0 Å². The lowest BCUT2D eigenvalue weighted by atomic mass is 10.0. The summed E-state index contributed by atoms with van der Waals surface area (Å²) in [5.41, 5.74) is -0.818. The van der Waals surface area contributed by atoms with Crippen LogP contribution < -0.4 is 0 Å². The van der Waals surface area contributed by atoms with Gasteiger partial charge in [0.05, 0.1) is 5.56 Å². The minimum atomic E-state index is -1.26. The van der Waals surface area contributed by atoms with Gasteiger partial charge in [-0.2, -0.15) is 0 Å². The summed E-state index contributed by atoms with van der Waals surface area (Å²) in [5, 5.41) is 0.245. The van der Waals surface area contributed by atoms with Crippen LogP contribution in [0.25, 0.3) is 0 Å². The summed E-state index contributed by atoms with van der Waals surface area (Å²) in [6.07, 6.45) is 0. The Hall–Kier alpha value is -1.33. The van der Waals surface area contributed by atoms with Crippen molar-refractivity contribution in [3.63, 3.8) is 0 Å². The van der Waals surface area contributed by atoms with E-state index in [-0.39, 0.29) is 10.6 Å². The molecule has 19 heavy (non-hydrogen) atoms.